The molecule has 1 saturated heterocycles. The topological polar surface area (TPSA) is 121 Å². The van der Waals surface area contributed by atoms with Crippen LogP contribution >= 0.6 is 0 Å². The Balaban J connectivity index is 1.55. The minimum Gasteiger partial charge on any atom is -0.480 e. The largest absolute Gasteiger partial charge is 0.480 e. The minimum absolute atomic E-state index is 0.0107. The summed E-state index contributed by atoms with van der Waals surface area (Å²) in [6.45, 7) is 1.21. The molecule has 1 fully saturated rings. The highest BCUT2D eigenvalue weighted by Crippen LogP contribution is 2.25. The zero-order valence-electron chi connectivity index (χ0n) is 17.2. The SMILES string of the molecule is Cc1cccc(NC(=O)CN2C(=O)N/C(=C/c3cn(CC(=O)O)c4ccccc34)C2=O)c1. The maximum absolute atomic E-state index is 12.8. The Morgan fingerprint density at radius 2 is 1.88 bits per heavy atom. The number of carbonyl (C=O) groups is 4. The first kappa shape index (κ1) is 20.9. The Morgan fingerprint density at radius 1 is 1.09 bits per heavy atom. The van der Waals surface area contributed by atoms with Crippen LogP contribution in [0.5, 0.6) is 0 Å². The fourth-order valence-electron chi connectivity index (χ4n) is 3.60. The second-order valence-corrected chi connectivity index (χ2v) is 7.42. The number of imide groups is 1. The lowest BCUT2D eigenvalue weighted by molar-refractivity contribution is -0.137. The van der Waals surface area contributed by atoms with Crippen molar-refractivity contribution in [1.82, 2.24) is 14.8 Å². The quantitative estimate of drug-likeness (QED) is 0.408. The van der Waals surface area contributed by atoms with Gasteiger partial charge in [-0.1, -0.05) is 30.3 Å². The van der Waals surface area contributed by atoms with Crippen LogP contribution in [0.2, 0.25) is 0 Å². The summed E-state index contributed by atoms with van der Waals surface area (Å²) >= 11 is 0. The number of hydrogen-bond acceptors (Lipinski definition) is 4. The van der Waals surface area contributed by atoms with E-state index in [4.69, 9.17) is 5.11 Å². The number of nitrogens with zero attached hydrogens (tertiary/aromatic N) is 2. The summed E-state index contributed by atoms with van der Waals surface area (Å²) in [5.74, 6) is -2.14. The summed E-state index contributed by atoms with van der Waals surface area (Å²) in [7, 11) is 0. The molecule has 3 aromatic rings. The third-order valence-electron chi connectivity index (χ3n) is 4.99. The molecule has 9 nitrogen and oxygen atoms in total. The van der Waals surface area contributed by atoms with Gasteiger partial charge in [0.15, 0.2) is 0 Å². The van der Waals surface area contributed by atoms with Gasteiger partial charge in [0, 0.05) is 28.4 Å². The Morgan fingerprint density at radius 3 is 2.62 bits per heavy atom. The van der Waals surface area contributed by atoms with Gasteiger partial charge < -0.3 is 20.3 Å². The van der Waals surface area contributed by atoms with Crippen LogP contribution in [0, 0.1) is 6.92 Å². The van der Waals surface area contributed by atoms with Crippen molar-refractivity contribution in [1.29, 1.82) is 0 Å². The second kappa shape index (κ2) is 8.38. The number of carboxylic acids is 1. The molecule has 0 bridgehead atoms. The van der Waals surface area contributed by atoms with Gasteiger partial charge in [0.1, 0.15) is 18.8 Å². The summed E-state index contributed by atoms with van der Waals surface area (Å²) in [6.07, 6.45) is 3.09. The van der Waals surface area contributed by atoms with E-state index >= 15 is 0 Å². The maximum atomic E-state index is 12.8. The normalized spacial score (nSPS) is 14.8. The molecule has 2 heterocycles. The highest BCUT2D eigenvalue weighted by molar-refractivity contribution is 6.16. The van der Waals surface area contributed by atoms with Gasteiger partial charge in [0.05, 0.1) is 0 Å². The van der Waals surface area contributed by atoms with E-state index in [0.29, 0.717) is 16.8 Å². The van der Waals surface area contributed by atoms with E-state index in [0.717, 1.165) is 15.8 Å². The van der Waals surface area contributed by atoms with Gasteiger partial charge in [-0.05, 0) is 36.8 Å². The highest BCUT2D eigenvalue weighted by atomic mass is 16.4. The van der Waals surface area contributed by atoms with Crippen molar-refractivity contribution >= 4 is 46.5 Å². The highest BCUT2D eigenvalue weighted by Gasteiger charge is 2.35. The van der Waals surface area contributed by atoms with E-state index in [1.165, 1.54) is 6.08 Å². The van der Waals surface area contributed by atoms with E-state index in [2.05, 4.69) is 10.6 Å². The number of amides is 4. The average molecular weight is 432 g/mol. The van der Waals surface area contributed by atoms with Gasteiger partial charge in [0.25, 0.3) is 5.91 Å². The molecule has 0 unspecified atom stereocenters. The van der Waals surface area contributed by atoms with Crippen LogP contribution < -0.4 is 10.6 Å². The number of benzene rings is 2. The molecule has 2 aromatic carbocycles. The predicted octanol–water partition coefficient (Wildman–Crippen LogP) is 2.57. The molecular weight excluding hydrogens is 412 g/mol. The number of urea groups is 1. The summed E-state index contributed by atoms with van der Waals surface area (Å²) in [6, 6.07) is 13.6. The number of anilines is 1. The van der Waals surface area contributed by atoms with Crippen molar-refractivity contribution in [2.75, 3.05) is 11.9 Å². The number of rotatable bonds is 6. The van der Waals surface area contributed by atoms with Gasteiger partial charge in [-0.15, -0.1) is 0 Å². The first-order valence-corrected chi connectivity index (χ1v) is 9.82. The van der Waals surface area contributed by atoms with Crippen LogP contribution in [0.15, 0.2) is 60.4 Å². The molecule has 162 valence electrons. The van der Waals surface area contributed by atoms with Crippen LogP contribution in [-0.2, 0) is 20.9 Å². The fourth-order valence-corrected chi connectivity index (χ4v) is 3.60. The second-order valence-electron chi connectivity index (χ2n) is 7.42. The molecule has 0 saturated carbocycles. The molecule has 0 aliphatic carbocycles. The molecule has 1 aliphatic rings. The smallest absolute Gasteiger partial charge is 0.329 e. The van der Waals surface area contributed by atoms with E-state index < -0.39 is 30.4 Å². The molecule has 0 atom stereocenters. The number of aromatic nitrogens is 1. The van der Waals surface area contributed by atoms with Crippen LogP contribution in [0.4, 0.5) is 10.5 Å². The first-order chi connectivity index (χ1) is 15.3. The molecule has 1 aromatic heterocycles. The van der Waals surface area contributed by atoms with E-state index in [-0.39, 0.29) is 12.2 Å². The number of carbonyl (C=O) groups excluding carboxylic acids is 3. The van der Waals surface area contributed by atoms with E-state index in [1.54, 1.807) is 53.2 Å². The number of para-hydroxylation sites is 1. The predicted molar refractivity (Wildman–Crippen MR) is 118 cm³/mol. The molecule has 4 amide bonds. The molecule has 0 radical (unpaired) electrons. The Kier molecular flexibility index (Phi) is 5.46. The van der Waals surface area contributed by atoms with E-state index in [9.17, 15) is 19.2 Å². The third kappa shape index (κ3) is 4.22. The zero-order chi connectivity index (χ0) is 22.8. The Bertz CT molecular complexity index is 1290. The maximum Gasteiger partial charge on any atom is 0.329 e. The van der Waals surface area contributed by atoms with Gasteiger partial charge in [0.2, 0.25) is 5.91 Å². The fraction of sp³-hybridized carbons (Fsp3) is 0.130. The third-order valence-corrected chi connectivity index (χ3v) is 4.99. The minimum atomic E-state index is -0.999. The number of fused-ring (bicyclic) bond motifs is 1. The first-order valence-electron chi connectivity index (χ1n) is 9.82. The zero-order valence-corrected chi connectivity index (χ0v) is 17.2. The Hall–Kier alpha value is -4.40. The van der Waals surface area contributed by atoms with Crippen molar-refractivity contribution < 1.29 is 24.3 Å². The van der Waals surface area contributed by atoms with Crippen molar-refractivity contribution in [2.45, 2.75) is 13.5 Å². The van der Waals surface area contributed by atoms with Crippen LogP contribution in [-0.4, -0.2) is 44.9 Å². The van der Waals surface area contributed by atoms with Gasteiger partial charge in [-0.3, -0.25) is 14.4 Å². The van der Waals surface area contributed by atoms with E-state index in [1.807, 2.05) is 13.0 Å². The molecule has 4 rings (SSSR count). The molecule has 1 aliphatic heterocycles. The number of hydrogen-bond donors (Lipinski definition) is 3. The van der Waals surface area contributed by atoms with Gasteiger partial charge in [-0.25, -0.2) is 9.69 Å². The number of aliphatic carboxylic acids is 1. The molecule has 32 heavy (non-hydrogen) atoms. The number of carboxylic acid groups (broad SMARTS) is 1. The van der Waals surface area contributed by atoms with Crippen LogP contribution in [0.1, 0.15) is 11.1 Å². The van der Waals surface area contributed by atoms with Crippen LogP contribution in [0.3, 0.4) is 0 Å². The summed E-state index contributed by atoms with van der Waals surface area (Å²) in [4.78, 5) is 49.5. The van der Waals surface area contributed by atoms with Gasteiger partial charge >= 0.3 is 12.0 Å². The standard InChI is InChI=1S/C23H20N4O5/c1-14-5-4-6-16(9-14)24-20(28)12-27-22(31)18(25-23(27)32)10-15-11-26(13-21(29)30)19-8-3-2-7-17(15)19/h2-11H,12-13H2,1H3,(H,24,28)(H,25,32)(H,29,30)/b18-10+. The summed E-state index contributed by atoms with van der Waals surface area (Å²) in [5.41, 5.74) is 2.81. The monoisotopic (exact) mass is 432 g/mol. The molecule has 3 N–H and O–H groups in total. The molecule has 9 heteroatoms. The lowest BCUT2D eigenvalue weighted by Crippen LogP contribution is -2.38. The Labute approximate surface area is 182 Å². The number of aryl methyl sites for hydroxylation is 1. The van der Waals surface area contributed by atoms with Crippen LogP contribution in [0.25, 0.3) is 17.0 Å². The molecule has 0 spiro atoms. The van der Waals surface area contributed by atoms with Crippen molar-refractivity contribution in [3.63, 3.8) is 0 Å². The van der Waals surface area contributed by atoms with Crippen molar-refractivity contribution in [3.05, 3.63) is 71.6 Å². The molecular formula is C23H20N4O5. The van der Waals surface area contributed by atoms with Crippen molar-refractivity contribution in [2.24, 2.45) is 0 Å². The summed E-state index contributed by atoms with van der Waals surface area (Å²) < 4.78 is 1.55. The lowest BCUT2D eigenvalue weighted by Gasteiger charge is -2.12. The summed E-state index contributed by atoms with van der Waals surface area (Å²) in [5, 5.41) is 15.0. The van der Waals surface area contributed by atoms with Gasteiger partial charge in [-0.2, -0.15) is 0 Å². The average Bonchev–Trinajstić information content (AvgIpc) is 3.20. The lowest BCUT2D eigenvalue weighted by atomic mass is 10.1. The van der Waals surface area contributed by atoms with Crippen molar-refractivity contribution in [3.8, 4) is 0 Å². The number of nitrogens with one attached hydrogen (secondary N) is 2.